The van der Waals surface area contributed by atoms with E-state index in [-0.39, 0.29) is 0 Å². The number of rotatable bonds is 6. The van der Waals surface area contributed by atoms with Crippen molar-refractivity contribution in [3.8, 4) is 0 Å². The molecule has 1 aromatic carbocycles. The van der Waals surface area contributed by atoms with Gasteiger partial charge < -0.3 is 5.32 Å². The molecule has 0 spiro atoms. The molecule has 0 saturated heterocycles. The molecule has 1 atom stereocenters. The van der Waals surface area contributed by atoms with Crippen LogP contribution in [0.4, 0.5) is 0 Å². The molecule has 98 valence electrons. The zero-order chi connectivity index (χ0) is 13.1. The van der Waals surface area contributed by atoms with Gasteiger partial charge in [-0.25, -0.2) is 0 Å². The van der Waals surface area contributed by atoms with Crippen molar-refractivity contribution in [1.82, 2.24) is 5.32 Å². The maximum absolute atomic E-state index is 3.42. The second-order valence-electron chi connectivity index (χ2n) is 4.19. The van der Waals surface area contributed by atoms with Gasteiger partial charge in [0.1, 0.15) is 0 Å². The van der Waals surface area contributed by atoms with Gasteiger partial charge in [-0.3, -0.25) is 0 Å². The molecule has 0 heterocycles. The average Bonchev–Trinajstić information content (AvgIpc) is 2.38. The van der Waals surface area contributed by atoms with Crippen LogP contribution < -0.4 is 5.32 Å². The Hall–Kier alpha value is -0.820. The Bertz CT molecular complexity index is 281. The largest absolute Gasteiger partial charge is 0.313 e. The molecule has 0 bridgehead atoms. The molecule has 0 saturated carbocycles. The Morgan fingerprint density at radius 2 is 1.76 bits per heavy atom. The molecule has 1 heteroatoms. The summed E-state index contributed by atoms with van der Waals surface area (Å²) >= 11 is 0. The van der Waals surface area contributed by atoms with Gasteiger partial charge in [0.15, 0.2) is 0 Å². The highest BCUT2D eigenvalue weighted by Crippen LogP contribution is 2.22. The van der Waals surface area contributed by atoms with E-state index in [1.807, 2.05) is 13.8 Å². The monoisotopic (exact) mass is 235 g/mol. The van der Waals surface area contributed by atoms with Crippen molar-refractivity contribution in [3.05, 3.63) is 35.4 Å². The lowest BCUT2D eigenvalue weighted by Crippen LogP contribution is -2.17. The van der Waals surface area contributed by atoms with Crippen molar-refractivity contribution >= 4 is 0 Å². The van der Waals surface area contributed by atoms with Crippen molar-refractivity contribution < 1.29 is 0 Å². The minimum atomic E-state index is 0.526. The van der Waals surface area contributed by atoms with Gasteiger partial charge in [-0.05, 0) is 31.5 Å². The molecule has 1 N–H and O–H groups in total. The highest BCUT2D eigenvalue weighted by atomic mass is 14.9. The van der Waals surface area contributed by atoms with Gasteiger partial charge in [0.25, 0.3) is 0 Å². The van der Waals surface area contributed by atoms with E-state index in [1.54, 1.807) is 0 Å². The Labute approximate surface area is 108 Å². The zero-order valence-electron chi connectivity index (χ0n) is 12.2. The van der Waals surface area contributed by atoms with Gasteiger partial charge in [0, 0.05) is 6.04 Å². The van der Waals surface area contributed by atoms with Gasteiger partial charge in [-0.1, -0.05) is 64.3 Å². The van der Waals surface area contributed by atoms with Crippen LogP contribution in [0.25, 0.3) is 0 Å². The number of hydrogen-bond acceptors (Lipinski definition) is 1. The van der Waals surface area contributed by atoms with E-state index >= 15 is 0 Å². The molecule has 0 radical (unpaired) electrons. The van der Waals surface area contributed by atoms with Crippen molar-refractivity contribution in [1.29, 1.82) is 0 Å². The molecule has 0 aliphatic heterocycles. The fourth-order valence-corrected chi connectivity index (χ4v) is 2.03. The third-order valence-electron chi connectivity index (χ3n) is 3.01. The summed E-state index contributed by atoms with van der Waals surface area (Å²) in [5.41, 5.74) is 2.85. The molecule has 1 aromatic rings. The zero-order valence-corrected chi connectivity index (χ0v) is 12.2. The fourth-order valence-electron chi connectivity index (χ4n) is 2.03. The number of unbranched alkanes of at least 4 members (excludes halogenated alkanes) is 2. The van der Waals surface area contributed by atoms with Gasteiger partial charge in [-0.15, -0.1) is 0 Å². The van der Waals surface area contributed by atoms with Gasteiger partial charge in [0.2, 0.25) is 0 Å². The minimum Gasteiger partial charge on any atom is -0.313 e. The van der Waals surface area contributed by atoms with Crippen LogP contribution in [0.3, 0.4) is 0 Å². The predicted molar refractivity (Wildman–Crippen MR) is 78.5 cm³/mol. The van der Waals surface area contributed by atoms with Crippen LogP contribution >= 0.6 is 0 Å². The first kappa shape index (κ1) is 16.2. The smallest absolute Gasteiger partial charge is 0.0320 e. The van der Waals surface area contributed by atoms with Crippen LogP contribution in [-0.2, 0) is 0 Å². The Morgan fingerprint density at radius 3 is 2.29 bits per heavy atom. The van der Waals surface area contributed by atoms with E-state index in [2.05, 4.69) is 50.5 Å². The molecule has 1 unspecified atom stereocenters. The van der Waals surface area contributed by atoms with Crippen molar-refractivity contribution in [2.75, 3.05) is 7.05 Å². The lowest BCUT2D eigenvalue weighted by molar-refractivity contribution is 0.510. The fraction of sp³-hybridized carbons (Fsp3) is 0.625. The topological polar surface area (TPSA) is 12.0 Å². The third-order valence-corrected chi connectivity index (χ3v) is 3.01. The van der Waals surface area contributed by atoms with Crippen LogP contribution in [0.5, 0.6) is 0 Å². The first-order chi connectivity index (χ1) is 8.29. The predicted octanol–water partition coefficient (Wildman–Crippen LogP) is 4.86. The van der Waals surface area contributed by atoms with Gasteiger partial charge in [0.05, 0.1) is 0 Å². The first-order valence-corrected chi connectivity index (χ1v) is 7.02. The highest BCUT2D eigenvalue weighted by Gasteiger charge is 2.09. The normalized spacial score (nSPS) is 11.6. The van der Waals surface area contributed by atoms with Crippen LogP contribution in [0, 0.1) is 6.92 Å². The standard InChI is InChI=1S/C14H23N.C2H6/c1-4-5-6-11-14(15-3)13-10-8-7-9-12(13)2;1-2/h7-10,14-15H,4-6,11H2,1-3H3;1-2H3. The highest BCUT2D eigenvalue weighted by molar-refractivity contribution is 5.28. The quantitative estimate of drug-likeness (QED) is 0.694. The SMILES string of the molecule is CC.CCCCCC(NC)c1ccccc1C. The summed E-state index contributed by atoms with van der Waals surface area (Å²) in [6, 6.07) is 9.20. The maximum atomic E-state index is 3.42. The first-order valence-electron chi connectivity index (χ1n) is 7.02. The lowest BCUT2D eigenvalue weighted by atomic mass is 9.97. The van der Waals surface area contributed by atoms with E-state index in [4.69, 9.17) is 0 Å². The molecule has 1 rings (SSSR count). The van der Waals surface area contributed by atoms with E-state index < -0.39 is 0 Å². The van der Waals surface area contributed by atoms with Gasteiger partial charge >= 0.3 is 0 Å². The van der Waals surface area contributed by atoms with Crippen LogP contribution in [0.2, 0.25) is 0 Å². The summed E-state index contributed by atoms with van der Waals surface area (Å²) in [5.74, 6) is 0. The lowest BCUT2D eigenvalue weighted by Gasteiger charge is -2.18. The summed E-state index contributed by atoms with van der Waals surface area (Å²) in [6.07, 6.45) is 5.19. The molecule has 0 fully saturated rings. The number of hydrogen-bond donors (Lipinski definition) is 1. The van der Waals surface area contributed by atoms with Crippen molar-refractivity contribution in [2.45, 2.75) is 59.4 Å². The molecule has 0 aromatic heterocycles. The third kappa shape index (κ3) is 5.88. The minimum absolute atomic E-state index is 0.526. The summed E-state index contributed by atoms with van der Waals surface area (Å²) in [6.45, 7) is 8.45. The summed E-state index contributed by atoms with van der Waals surface area (Å²) in [4.78, 5) is 0. The van der Waals surface area contributed by atoms with E-state index in [9.17, 15) is 0 Å². The molecule has 0 aliphatic rings. The Morgan fingerprint density at radius 1 is 1.12 bits per heavy atom. The summed E-state index contributed by atoms with van der Waals surface area (Å²) in [7, 11) is 2.06. The Kier molecular flexibility index (Phi) is 9.84. The molecule has 0 aliphatic carbocycles. The van der Waals surface area contributed by atoms with Crippen LogP contribution in [0.15, 0.2) is 24.3 Å². The van der Waals surface area contributed by atoms with E-state index in [0.29, 0.717) is 6.04 Å². The Balaban J connectivity index is 0.00000121. The molecule has 1 nitrogen and oxygen atoms in total. The summed E-state index contributed by atoms with van der Waals surface area (Å²) < 4.78 is 0. The van der Waals surface area contributed by atoms with Crippen LogP contribution in [0.1, 0.15) is 63.6 Å². The summed E-state index contributed by atoms with van der Waals surface area (Å²) in [5, 5.41) is 3.42. The van der Waals surface area contributed by atoms with Crippen LogP contribution in [-0.4, -0.2) is 7.05 Å². The maximum Gasteiger partial charge on any atom is 0.0320 e. The van der Waals surface area contributed by atoms with Crippen molar-refractivity contribution in [2.24, 2.45) is 0 Å². The number of nitrogens with one attached hydrogen (secondary N) is 1. The van der Waals surface area contributed by atoms with E-state index in [0.717, 1.165) is 0 Å². The molecule has 17 heavy (non-hydrogen) atoms. The number of benzene rings is 1. The molecular formula is C16H29N. The average molecular weight is 235 g/mol. The molecular weight excluding hydrogens is 206 g/mol. The second kappa shape index (κ2) is 10.3. The molecule has 0 amide bonds. The second-order valence-corrected chi connectivity index (χ2v) is 4.19. The van der Waals surface area contributed by atoms with Gasteiger partial charge in [-0.2, -0.15) is 0 Å². The van der Waals surface area contributed by atoms with E-state index in [1.165, 1.54) is 36.8 Å². The van der Waals surface area contributed by atoms with Crippen molar-refractivity contribution in [3.63, 3.8) is 0 Å². The number of aryl methyl sites for hydroxylation is 1.